The van der Waals surface area contributed by atoms with Gasteiger partial charge in [-0.25, -0.2) is 0 Å². The largest absolute Gasteiger partial charge is 1.00 e. The zero-order valence-electron chi connectivity index (χ0n) is 9.28. The van der Waals surface area contributed by atoms with Crippen molar-refractivity contribution in [1.29, 1.82) is 0 Å². The van der Waals surface area contributed by atoms with Gasteiger partial charge in [-0.15, -0.1) is 0 Å². The quantitative estimate of drug-likeness (QED) is 0.358. The Labute approximate surface area is 133 Å². The fourth-order valence-corrected chi connectivity index (χ4v) is 1.48. The van der Waals surface area contributed by atoms with Crippen molar-refractivity contribution in [3.05, 3.63) is 35.9 Å². The van der Waals surface area contributed by atoms with Crippen molar-refractivity contribution in [2.24, 2.45) is 0 Å². The van der Waals surface area contributed by atoms with Crippen LogP contribution in [0.3, 0.4) is 0 Å². The van der Waals surface area contributed by atoms with E-state index in [0.29, 0.717) is 16.3 Å². The molecular weight excluding hydrogens is 210 g/mol. The van der Waals surface area contributed by atoms with Crippen LogP contribution in [-0.4, -0.2) is 10.2 Å². The standard InChI is InChI=1S/C11H10O2.2Na/c1-7-6-10(12)8-4-2-3-5-9(8)11(7)13;;/h2-6,12-13H,1H3;;/q;2*+1. The molecule has 0 spiro atoms. The van der Waals surface area contributed by atoms with Crippen LogP contribution in [0.4, 0.5) is 0 Å². The van der Waals surface area contributed by atoms with Gasteiger partial charge in [0.1, 0.15) is 11.5 Å². The van der Waals surface area contributed by atoms with Gasteiger partial charge in [0, 0.05) is 10.8 Å². The zero-order chi connectivity index (χ0) is 9.42. The van der Waals surface area contributed by atoms with E-state index in [4.69, 9.17) is 0 Å². The number of hydrogen-bond donors (Lipinski definition) is 2. The summed E-state index contributed by atoms with van der Waals surface area (Å²) >= 11 is 0. The number of aromatic hydroxyl groups is 2. The van der Waals surface area contributed by atoms with Gasteiger partial charge in [-0.2, -0.15) is 0 Å². The maximum absolute atomic E-state index is 9.67. The van der Waals surface area contributed by atoms with Crippen LogP contribution in [0.1, 0.15) is 5.56 Å². The van der Waals surface area contributed by atoms with E-state index in [9.17, 15) is 10.2 Å². The molecule has 0 amide bonds. The minimum absolute atomic E-state index is 0. The van der Waals surface area contributed by atoms with Crippen molar-refractivity contribution >= 4 is 10.8 Å². The van der Waals surface area contributed by atoms with Crippen molar-refractivity contribution < 1.29 is 69.3 Å². The second kappa shape index (κ2) is 6.14. The molecule has 2 rings (SSSR count). The molecule has 15 heavy (non-hydrogen) atoms. The van der Waals surface area contributed by atoms with Crippen molar-refractivity contribution in [1.82, 2.24) is 0 Å². The molecule has 0 fully saturated rings. The Morgan fingerprint density at radius 1 is 0.933 bits per heavy atom. The molecule has 2 nitrogen and oxygen atoms in total. The maximum atomic E-state index is 9.67. The van der Waals surface area contributed by atoms with Gasteiger partial charge in [0.15, 0.2) is 0 Å². The van der Waals surface area contributed by atoms with Gasteiger partial charge in [-0.05, 0) is 18.6 Å². The second-order valence-electron chi connectivity index (χ2n) is 3.11. The van der Waals surface area contributed by atoms with Crippen molar-refractivity contribution in [2.45, 2.75) is 6.92 Å². The van der Waals surface area contributed by atoms with Crippen LogP contribution in [0.2, 0.25) is 0 Å². The minimum atomic E-state index is 0. The first-order chi connectivity index (χ1) is 6.20. The average molecular weight is 220 g/mol. The van der Waals surface area contributed by atoms with Crippen LogP contribution in [0.5, 0.6) is 11.5 Å². The summed E-state index contributed by atoms with van der Waals surface area (Å²) in [6.07, 6.45) is 0. The normalized spacial score (nSPS) is 9.13. The summed E-state index contributed by atoms with van der Waals surface area (Å²) in [6.45, 7) is 1.77. The molecule has 0 atom stereocenters. The van der Waals surface area contributed by atoms with Gasteiger partial charge < -0.3 is 10.2 Å². The summed E-state index contributed by atoms with van der Waals surface area (Å²) in [4.78, 5) is 0. The van der Waals surface area contributed by atoms with E-state index < -0.39 is 0 Å². The Morgan fingerprint density at radius 2 is 1.47 bits per heavy atom. The number of benzene rings is 2. The van der Waals surface area contributed by atoms with Gasteiger partial charge in [-0.1, -0.05) is 24.3 Å². The van der Waals surface area contributed by atoms with Crippen LogP contribution in [0, 0.1) is 6.92 Å². The van der Waals surface area contributed by atoms with E-state index in [2.05, 4.69) is 0 Å². The van der Waals surface area contributed by atoms with Gasteiger partial charge in [0.25, 0.3) is 0 Å². The molecule has 66 valence electrons. The molecule has 4 heteroatoms. The monoisotopic (exact) mass is 220 g/mol. The van der Waals surface area contributed by atoms with Gasteiger partial charge >= 0.3 is 59.1 Å². The zero-order valence-corrected chi connectivity index (χ0v) is 13.3. The fraction of sp³-hybridized carbons (Fsp3) is 0.0909. The first-order valence-corrected chi connectivity index (χ1v) is 4.10. The molecule has 0 aliphatic heterocycles. The smallest absolute Gasteiger partial charge is 0.507 e. The van der Waals surface area contributed by atoms with E-state index in [1.54, 1.807) is 25.1 Å². The summed E-state index contributed by atoms with van der Waals surface area (Å²) in [6, 6.07) is 8.80. The number of rotatable bonds is 0. The molecule has 0 heterocycles. The van der Waals surface area contributed by atoms with Crippen LogP contribution >= 0.6 is 0 Å². The summed E-state index contributed by atoms with van der Waals surface area (Å²) < 4.78 is 0. The molecule has 0 unspecified atom stereocenters. The molecule has 0 saturated carbocycles. The van der Waals surface area contributed by atoms with E-state index in [-0.39, 0.29) is 70.6 Å². The van der Waals surface area contributed by atoms with Crippen molar-refractivity contribution in [2.75, 3.05) is 0 Å². The Balaban J connectivity index is 0.000000980. The van der Waals surface area contributed by atoms with Gasteiger partial charge in [0.05, 0.1) is 0 Å². The average Bonchev–Trinajstić information content (AvgIpc) is 2.15. The Morgan fingerprint density at radius 3 is 2.07 bits per heavy atom. The van der Waals surface area contributed by atoms with E-state index in [0.717, 1.165) is 0 Å². The SMILES string of the molecule is Cc1cc(O)c2ccccc2c1O.[Na+].[Na+]. The number of phenols is 2. The third-order valence-corrected chi connectivity index (χ3v) is 2.18. The maximum Gasteiger partial charge on any atom is 1.00 e. The molecule has 2 aromatic rings. The molecule has 0 bridgehead atoms. The topological polar surface area (TPSA) is 40.5 Å². The summed E-state index contributed by atoms with van der Waals surface area (Å²) in [5, 5.41) is 20.6. The number of phenolic OH excluding ortho intramolecular Hbond substituents is 2. The summed E-state index contributed by atoms with van der Waals surface area (Å²) in [5.74, 6) is 0.458. The van der Waals surface area contributed by atoms with Crippen LogP contribution in [0.25, 0.3) is 10.8 Å². The second-order valence-corrected chi connectivity index (χ2v) is 3.11. The molecule has 0 aromatic heterocycles. The third-order valence-electron chi connectivity index (χ3n) is 2.18. The summed E-state index contributed by atoms with van der Waals surface area (Å²) in [7, 11) is 0. The molecule has 2 N–H and O–H groups in total. The first-order valence-electron chi connectivity index (χ1n) is 4.10. The van der Waals surface area contributed by atoms with Crippen LogP contribution in [0.15, 0.2) is 30.3 Å². The Hall–Kier alpha value is 0.300. The fourth-order valence-electron chi connectivity index (χ4n) is 1.48. The minimum Gasteiger partial charge on any atom is -0.507 e. The van der Waals surface area contributed by atoms with Crippen LogP contribution < -0.4 is 59.1 Å². The van der Waals surface area contributed by atoms with E-state index >= 15 is 0 Å². The number of fused-ring (bicyclic) bond motifs is 1. The molecule has 0 aliphatic rings. The van der Waals surface area contributed by atoms with Crippen molar-refractivity contribution in [3.63, 3.8) is 0 Å². The molecule has 2 aromatic carbocycles. The molecular formula is C11H10Na2O2+2. The van der Waals surface area contributed by atoms with Crippen molar-refractivity contribution in [3.8, 4) is 11.5 Å². The predicted molar refractivity (Wildman–Crippen MR) is 52.0 cm³/mol. The summed E-state index contributed by atoms with van der Waals surface area (Å²) in [5.41, 5.74) is 0.691. The first kappa shape index (κ1) is 15.3. The Bertz CT molecular complexity index is 469. The van der Waals surface area contributed by atoms with E-state index in [1.165, 1.54) is 0 Å². The predicted octanol–water partition coefficient (Wildman–Crippen LogP) is -3.43. The molecule has 0 aliphatic carbocycles. The van der Waals surface area contributed by atoms with E-state index in [1.807, 2.05) is 12.1 Å². The molecule has 0 saturated heterocycles. The van der Waals surface area contributed by atoms with Gasteiger partial charge in [-0.3, -0.25) is 0 Å². The van der Waals surface area contributed by atoms with Gasteiger partial charge in [0.2, 0.25) is 0 Å². The van der Waals surface area contributed by atoms with Crippen LogP contribution in [-0.2, 0) is 0 Å². The third kappa shape index (κ3) is 2.90. The molecule has 0 radical (unpaired) electrons. The Kier molecular flexibility index (Phi) is 6.26. The number of aryl methyl sites for hydroxylation is 1. The number of hydrogen-bond acceptors (Lipinski definition) is 2.